The summed E-state index contributed by atoms with van der Waals surface area (Å²) in [5.74, 6) is 0. The van der Waals surface area contributed by atoms with Crippen LogP contribution in [0.2, 0.25) is 0 Å². The smallest absolute Gasteiger partial charge is 0.0782 e. The van der Waals surface area contributed by atoms with Crippen LogP contribution in [0, 0.1) is 0 Å². The zero-order valence-corrected chi connectivity index (χ0v) is 10.4. The average molecular weight is 221 g/mol. The van der Waals surface area contributed by atoms with Gasteiger partial charge in [0.25, 0.3) is 0 Å². The van der Waals surface area contributed by atoms with E-state index in [1.165, 1.54) is 5.56 Å². The van der Waals surface area contributed by atoms with Gasteiger partial charge in [-0.1, -0.05) is 42.5 Å². The maximum Gasteiger partial charge on any atom is 0.0782 e. The number of nitrogens with zero attached hydrogens (tertiary/aromatic N) is 1. The molecule has 0 N–H and O–H groups in total. The van der Waals surface area contributed by atoms with E-state index in [0.717, 1.165) is 30.9 Å². The van der Waals surface area contributed by atoms with Crippen LogP contribution in [-0.2, 0) is 6.42 Å². The molecule has 0 heterocycles. The van der Waals surface area contributed by atoms with Crippen molar-refractivity contribution in [1.82, 2.24) is 4.90 Å². The minimum Gasteiger partial charge on any atom is -0.367 e. The Balaban J connectivity index is 2.40. The lowest BCUT2D eigenvalue weighted by atomic mass is 10.1. The Morgan fingerprint density at radius 3 is 2.27 bits per heavy atom. The third-order valence-corrected chi connectivity index (χ3v) is 3.05. The molecule has 0 aliphatic heterocycles. The topological polar surface area (TPSA) is 3.24 Å². The molecule has 82 valence electrons. The van der Waals surface area contributed by atoms with Gasteiger partial charge in [0.15, 0.2) is 0 Å². The van der Waals surface area contributed by atoms with E-state index in [1.54, 1.807) is 0 Å². The predicted molar refractivity (Wildman–Crippen MR) is 70.3 cm³/mol. The number of hydrogen-bond donors (Lipinski definition) is 0. The molecule has 0 radical (unpaired) electrons. The summed E-state index contributed by atoms with van der Waals surface area (Å²) in [4.78, 5) is 3.34. The summed E-state index contributed by atoms with van der Waals surface area (Å²) >= 11 is 5.40. The van der Waals surface area contributed by atoms with Crippen LogP contribution in [0.25, 0.3) is 0 Å². The van der Waals surface area contributed by atoms with Crippen LogP contribution in [0.1, 0.15) is 25.8 Å². The fourth-order valence-electron chi connectivity index (χ4n) is 1.63. The molecule has 0 spiro atoms. The SMILES string of the molecule is CCN(CC)C(=S)CCc1ccccc1. The van der Waals surface area contributed by atoms with Crippen LogP contribution in [-0.4, -0.2) is 23.0 Å². The van der Waals surface area contributed by atoms with Gasteiger partial charge >= 0.3 is 0 Å². The van der Waals surface area contributed by atoms with Crippen molar-refractivity contribution in [2.24, 2.45) is 0 Å². The second-order valence-corrected chi connectivity index (χ2v) is 4.02. The molecule has 1 aromatic carbocycles. The Morgan fingerprint density at radius 2 is 1.73 bits per heavy atom. The van der Waals surface area contributed by atoms with E-state index < -0.39 is 0 Å². The van der Waals surface area contributed by atoms with Crippen LogP contribution in [0.4, 0.5) is 0 Å². The quantitative estimate of drug-likeness (QED) is 0.702. The number of thiocarbonyl (C=S) groups is 1. The first-order valence-electron chi connectivity index (χ1n) is 5.59. The lowest BCUT2D eigenvalue weighted by Crippen LogP contribution is -2.29. The molecule has 1 rings (SSSR count). The second kappa shape index (κ2) is 6.57. The maximum atomic E-state index is 5.40. The normalized spacial score (nSPS) is 10.0. The standard InChI is InChI=1S/C13H19NS/c1-3-14(4-2)13(15)11-10-12-8-6-5-7-9-12/h5-9H,3-4,10-11H2,1-2H3. The molecule has 0 aliphatic carbocycles. The molecule has 0 atom stereocenters. The van der Waals surface area contributed by atoms with Crippen LogP contribution < -0.4 is 0 Å². The van der Waals surface area contributed by atoms with E-state index >= 15 is 0 Å². The zero-order chi connectivity index (χ0) is 11.1. The highest BCUT2D eigenvalue weighted by Gasteiger charge is 2.04. The van der Waals surface area contributed by atoms with Gasteiger partial charge in [0, 0.05) is 19.5 Å². The van der Waals surface area contributed by atoms with Gasteiger partial charge in [-0.15, -0.1) is 0 Å². The lowest BCUT2D eigenvalue weighted by molar-refractivity contribution is 0.464. The zero-order valence-electron chi connectivity index (χ0n) is 9.57. The molecule has 0 bridgehead atoms. The highest BCUT2D eigenvalue weighted by molar-refractivity contribution is 7.80. The summed E-state index contributed by atoms with van der Waals surface area (Å²) < 4.78 is 0. The van der Waals surface area contributed by atoms with Crippen LogP contribution >= 0.6 is 12.2 Å². The molecule has 0 aliphatic rings. The fourth-order valence-corrected chi connectivity index (χ4v) is 1.99. The first kappa shape index (κ1) is 12.2. The summed E-state index contributed by atoms with van der Waals surface area (Å²) in [5.41, 5.74) is 1.37. The van der Waals surface area contributed by atoms with Crippen molar-refractivity contribution in [1.29, 1.82) is 0 Å². The molecule has 0 unspecified atom stereocenters. The molecular weight excluding hydrogens is 202 g/mol. The van der Waals surface area contributed by atoms with Gasteiger partial charge in [-0.05, 0) is 25.8 Å². The van der Waals surface area contributed by atoms with Gasteiger partial charge in [-0.25, -0.2) is 0 Å². The van der Waals surface area contributed by atoms with Gasteiger partial charge in [0.05, 0.1) is 4.99 Å². The molecule has 0 saturated heterocycles. The molecule has 2 heteroatoms. The van der Waals surface area contributed by atoms with E-state index in [9.17, 15) is 0 Å². The number of rotatable bonds is 5. The molecule has 1 nitrogen and oxygen atoms in total. The molecule has 0 fully saturated rings. The van der Waals surface area contributed by atoms with E-state index in [1.807, 2.05) is 6.07 Å². The minimum absolute atomic E-state index is 0.987. The van der Waals surface area contributed by atoms with Crippen molar-refractivity contribution < 1.29 is 0 Å². The monoisotopic (exact) mass is 221 g/mol. The van der Waals surface area contributed by atoms with Gasteiger partial charge in [0.2, 0.25) is 0 Å². The molecule has 0 amide bonds. The molecular formula is C13H19NS. The Morgan fingerprint density at radius 1 is 1.13 bits per heavy atom. The van der Waals surface area contributed by atoms with Crippen molar-refractivity contribution in [2.75, 3.05) is 13.1 Å². The van der Waals surface area contributed by atoms with E-state index in [-0.39, 0.29) is 0 Å². The summed E-state index contributed by atoms with van der Waals surface area (Å²) in [5, 5.41) is 0. The highest BCUT2D eigenvalue weighted by atomic mass is 32.1. The minimum atomic E-state index is 0.987. The Bertz CT molecular complexity index is 291. The predicted octanol–water partition coefficient (Wildman–Crippen LogP) is 3.29. The van der Waals surface area contributed by atoms with E-state index in [4.69, 9.17) is 12.2 Å². The average Bonchev–Trinajstić information content (AvgIpc) is 2.29. The largest absolute Gasteiger partial charge is 0.367 e. The molecule has 0 aromatic heterocycles. The van der Waals surface area contributed by atoms with Gasteiger partial charge in [0.1, 0.15) is 0 Å². The third kappa shape index (κ3) is 4.00. The summed E-state index contributed by atoms with van der Waals surface area (Å²) in [6.07, 6.45) is 2.04. The van der Waals surface area contributed by atoms with Crippen molar-refractivity contribution in [3.8, 4) is 0 Å². The highest BCUT2D eigenvalue weighted by Crippen LogP contribution is 2.05. The van der Waals surface area contributed by atoms with Crippen molar-refractivity contribution in [3.05, 3.63) is 35.9 Å². The Labute approximate surface area is 98.1 Å². The Kier molecular flexibility index (Phi) is 5.33. The van der Waals surface area contributed by atoms with E-state index in [2.05, 4.69) is 43.0 Å². The lowest BCUT2D eigenvalue weighted by Gasteiger charge is -2.21. The fraction of sp³-hybridized carbons (Fsp3) is 0.462. The molecule has 0 saturated carbocycles. The van der Waals surface area contributed by atoms with Crippen LogP contribution in [0.5, 0.6) is 0 Å². The Hall–Kier alpha value is -0.890. The first-order valence-corrected chi connectivity index (χ1v) is 6.00. The first-order chi connectivity index (χ1) is 7.27. The van der Waals surface area contributed by atoms with Gasteiger partial charge < -0.3 is 4.90 Å². The second-order valence-electron chi connectivity index (χ2n) is 3.55. The summed E-state index contributed by atoms with van der Waals surface area (Å²) in [7, 11) is 0. The summed E-state index contributed by atoms with van der Waals surface area (Å²) in [6.45, 7) is 6.34. The van der Waals surface area contributed by atoms with Crippen LogP contribution in [0.15, 0.2) is 30.3 Å². The van der Waals surface area contributed by atoms with E-state index in [0.29, 0.717) is 0 Å². The number of hydrogen-bond acceptors (Lipinski definition) is 1. The number of benzene rings is 1. The number of aryl methyl sites for hydroxylation is 1. The molecule has 15 heavy (non-hydrogen) atoms. The van der Waals surface area contributed by atoms with Crippen molar-refractivity contribution in [2.45, 2.75) is 26.7 Å². The van der Waals surface area contributed by atoms with Crippen LogP contribution in [0.3, 0.4) is 0 Å². The summed E-state index contributed by atoms with van der Waals surface area (Å²) in [6, 6.07) is 10.5. The third-order valence-electron chi connectivity index (χ3n) is 2.59. The molecule has 1 aromatic rings. The van der Waals surface area contributed by atoms with Crippen molar-refractivity contribution >= 4 is 17.2 Å². The van der Waals surface area contributed by atoms with Gasteiger partial charge in [-0.3, -0.25) is 0 Å². The van der Waals surface area contributed by atoms with Gasteiger partial charge in [-0.2, -0.15) is 0 Å². The van der Waals surface area contributed by atoms with Crippen molar-refractivity contribution in [3.63, 3.8) is 0 Å². The maximum absolute atomic E-state index is 5.40.